The minimum absolute atomic E-state index is 0.118. The molecule has 1 aromatic heterocycles. The molecule has 0 unspecified atom stereocenters. The Balaban J connectivity index is 3.16. The first-order chi connectivity index (χ1) is 6.45. The third-order valence-corrected chi connectivity index (χ3v) is 1.54. The topological polar surface area (TPSA) is 56.6 Å². The largest absolute Gasteiger partial charge is 0.421 e. The Labute approximate surface area is 76.8 Å². The molecule has 74 valence electrons. The Morgan fingerprint density at radius 1 is 1.43 bits per heavy atom. The number of pyridine rings is 1. The summed E-state index contributed by atoms with van der Waals surface area (Å²) in [6, 6.07) is 3.47. The average molecular weight is 202 g/mol. The molecule has 0 bridgehead atoms. The van der Waals surface area contributed by atoms with Gasteiger partial charge in [-0.15, -0.1) is 0 Å². The van der Waals surface area contributed by atoms with Gasteiger partial charge in [-0.05, 0) is 12.1 Å². The van der Waals surface area contributed by atoms with Gasteiger partial charge in [-0.3, -0.25) is 4.79 Å². The van der Waals surface area contributed by atoms with Crippen LogP contribution in [0.1, 0.15) is 11.3 Å². The van der Waals surface area contributed by atoms with E-state index in [-0.39, 0.29) is 12.1 Å². The SMILES string of the molecule is N#CCc1ccc(C(F)(F)F)c(=O)[nH]1. The maximum Gasteiger partial charge on any atom is 0.421 e. The first-order valence-electron chi connectivity index (χ1n) is 3.61. The summed E-state index contributed by atoms with van der Waals surface area (Å²) in [5, 5.41) is 8.25. The van der Waals surface area contributed by atoms with Crippen molar-refractivity contribution in [2.45, 2.75) is 12.6 Å². The van der Waals surface area contributed by atoms with E-state index in [0.29, 0.717) is 6.07 Å². The lowest BCUT2D eigenvalue weighted by atomic mass is 10.2. The zero-order valence-electron chi connectivity index (χ0n) is 6.85. The molecule has 0 amide bonds. The van der Waals surface area contributed by atoms with Crippen LogP contribution in [0.3, 0.4) is 0 Å². The maximum absolute atomic E-state index is 12.1. The number of hydrogen-bond donors (Lipinski definition) is 1. The number of rotatable bonds is 1. The second-order valence-electron chi connectivity index (χ2n) is 2.56. The zero-order chi connectivity index (χ0) is 10.8. The monoisotopic (exact) mass is 202 g/mol. The molecule has 1 heterocycles. The van der Waals surface area contributed by atoms with E-state index in [2.05, 4.69) is 0 Å². The fourth-order valence-electron chi connectivity index (χ4n) is 0.926. The summed E-state index contributed by atoms with van der Waals surface area (Å²) >= 11 is 0. The molecule has 0 saturated heterocycles. The Kier molecular flexibility index (Phi) is 2.60. The Morgan fingerprint density at radius 2 is 2.07 bits per heavy atom. The van der Waals surface area contributed by atoms with Gasteiger partial charge in [0.05, 0.1) is 12.5 Å². The molecule has 0 fully saturated rings. The van der Waals surface area contributed by atoms with Gasteiger partial charge in [-0.1, -0.05) is 0 Å². The van der Waals surface area contributed by atoms with Crippen LogP contribution < -0.4 is 5.56 Å². The summed E-state index contributed by atoms with van der Waals surface area (Å²) < 4.78 is 36.2. The number of nitrogens with zero attached hydrogens (tertiary/aromatic N) is 1. The first kappa shape index (κ1) is 10.3. The molecular formula is C8H5F3N2O. The third kappa shape index (κ3) is 2.13. The van der Waals surface area contributed by atoms with E-state index < -0.39 is 17.3 Å². The van der Waals surface area contributed by atoms with Crippen molar-refractivity contribution in [1.82, 2.24) is 4.98 Å². The molecule has 1 rings (SSSR count). The highest BCUT2D eigenvalue weighted by molar-refractivity contribution is 5.18. The van der Waals surface area contributed by atoms with E-state index in [1.165, 1.54) is 0 Å². The minimum atomic E-state index is -4.65. The lowest BCUT2D eigenvalue weighted by Crippen LogP contribution is -2.22. The number of nitriles is 1. The number of hydrogen-bond acceptors (Lipinski definition) is 2. The highest BCUT2D eigenvalue weighted by Gasteiger charge is 2.33. The van der Waals surface area contributed by atoms with Crippen molar-refractivity contribution < 1.29 is 13.2 Å². The molecule has 1 aromatic rings. The van der Waals surface area contributed by atoms with E-state index in [1.54, 1.807) is 6.07 Å². The Hall–Kier alpha value is -1.77. The van der Waals surface area contributed by atoms with Gasteiger partial charge < -0.3 is 4.98 Å². The summed E-state index contributed by atoms with van der Waals surface area (Å²) in [6.07, 6.45) is -4.77. The molecular weight excluding hydrogens is 197 g/mol. The van der Waals surface area contributed by atoms with Gasteiger partial charge in [0.15, 0.2) is 0 Å². The van der Waals surface area contributed by atoms with Crippen LogP contribution in [0, 0.1) is 11.3 Å². The standard InChI is InChI=1S/C8H5F3N2O/c9-8(10,11)6-2-1-5(3-4-12)13-7(6)14/h1-2H,3H2,(H,13,14). The van der Waals surface area contributed by atoms with Gasteiger partial charge in [0.1, 0.15) is 5.56 Å². The van der Waals surface area contributed by atoms with Gasteiger partial charge in [0.25, 0.3) is 5.56 Å². The van der Waals surface area contributed by atoms with E-state index in [4.69, 9.17) is 5.26 Å². The van der Waals surface area contributed by atoms with Crippen molar-refractivity contribution in [2.24, 2.45) is 0 Å². The smallest absolute Gasteiger partial charge is 0.325 e. The predicted molar refractivity (Wildman–Crippen MR) is 41.4 cm³/mol. The third-order valence-electron chi connectivity index (χ3n) is 1.54. The van der Waals surface area contributed by atoms with Crippen LogP contribution in [0.2, 0.25) is 0 Å². The van der Waals surface area contributed by atoms with Gasteiger partial charge >= 0.3 is 6.18 Å². The van der Waals surface area contributed by atoms with Crippen molar-refractivity contribution in [1.29, 1.82) is 5.26 Å². The molecule has 0 aromatic carbocycles. The molecule has 0 aliphatic carbocycles. The van der Waals surface area contributed by atoms with E-state index in [1.807, 2.05) is 4.98 Å². The lowest BCUT2D eigenvalue weighted by Gasteiger charge is -2.05. The van der Waals surface area contributed by atoms with Crippen LogP contribution in [0.15, 0.2) is 16.9 Å². The minimum Gasteiger partial charge on any atom is -0.325 e. The molecule has 1 N–H and O–H groups in total. The van der Waals surface area contributed by atoms with Crippen molar-refractivity contribution in [2.75, 3.05) is 0 Å². The number of H-pyrrole nitrogens is 1. The van der Waals surface area contributed by atoms with E-state index >= 15 is 0 Å². The molecule has 3 nitrogen and oxygen atoms in total. The summed E-state index contributed by atoms with van der Waals surface area (Å²) in [5.74, 6) is 0. The highest BCUT2D eigenvalue weighted by atomic mass is 19.4. The van der Waals surface area contributed by atoms with Crippen LogP contribution in [0.5, 0.6) is 0 Å². The number of aromatic nitrogens is 1. The Bertz CT molecular complexity index is 427. The maximum atomic E-state index is 12.1. The van der Waals surface area contributed by atoms with Crippen LogP contribution in [0.25, 0.3) is 0 Å². The molecule has 0 saturated carbocycles. The van der Waals surface area contributed by atoms with Crippen LogP contribution in [-0.4, -0.2) is 4.98 Å². The molecule has 14 heavy (non-hydrogen) atoms. The second kappa shape index (κ2) is 3.54. The quantitative estimate of drug-likeness (QED) is 0.749. The molecule has 0 spiro atoms. The summed E-state index contributed by atoms with van der Waals surface area (Å²) in [4.78, 5) is 12.9. The van der Waals surface area contributed by atoms with Crippen molar-refractivity contribution in [3.05, 3.63) is 33.7 Å². The fraction of sp³-hybridized carbons (Fsp3) is 0.250. The van der Waals surface area contributed by atoms with Crippen LogP contribution in [0.4, 0.5) is 13.2 Å². The molecule has 0 aliphatic heterocycles. The Morgan fingerprint density at radius 3 is 2.50 bits per heavy atom. The van der Waals surface area contributed by atoms with Crippen LogP contribution >= 0.6 is 0 Å². The number of halogens is 3. The number of alkyl halides is 3. The second-order valence-corrected chi connectivity index (χ2v) is 2.56. The highest BCUT2D eigenvalue weighted by Crippen LogP contribution is 2.25. The summed E-state index contributed by atoms with van der Waals surface area (Å²) in [6.45, 7) is 0. The van der Waals surface area contributed by atoms with Crippen molar-refractivity contribution in [3.8, 4) is 6.07 Å². The van der Waals surface area contributed by atoms with Gasteiger partial charge in [0.2, 0.25) is 0 Å². The normalized spacial score (nSPS) is 11.0. The molecule has 0 atom stereocenters. The summed E-state index contributed by atoms with van der Waals surface area (Å²) in [5.41, 5.74) is -2.30. The van der Waals surface area contributed by atoms with E-state index in [9.17, 15) is 18.0 Å². The van der Waals surface area contributed by atoms with E-state index in [0.717, 1.165) is 6.07 Å². The zero-order valence-corrected chi connectivity index (χ0v) is 6.85. The van der Waals surface area contributed by atoms with Gasteiger partial charge in [0, 0.05) is 5.69 Å². The molecule has 0 aliphatic rings. The number of aromatic amines is 1. The van der Waals surface area contributed by atoms with Gasteiger partial charge in [-0.2, -0.15) is 18.4 Å². The molecule has 6 heteroatoms. The molecule has 0 radical (unpaired) electrons. The van der Waals surface area contributed by atoms with Gasteiger partial charge in [-0.25, -0.2) is 0 Å². The lowest BCUT2D eigenvalue weighted by molar-refractivity contribution is -0.138. The summed E-state index contributed by atoms with van der Waals surface area (Å²) in [7, 11) is 0. The van der Waals surface area contributed by atoms with Crippen LogP contribution in [-0.2, 0) is 12.6 Å². The first-order valence-corrected chi connectivity index (χ1v) is 3.61. The van der Waals surface area contributed by atoms with Crippen molar-refractivity contribution in [3.63, 3.8) is 0 Å². The van der Waals surface area contributed by atoms with Crippen molar-refractivity contribution >= 4 is 0 Å². The predicted octanol–water partition coefficient (Wildman–Crippen LogP) is 1.46. The average Bonchev–Trinajstić information content (AvgIpc) is 2.02. The number of nitrogens with one attached hydrogen (secondary N) is 1. The fourth-order valence-corrected chi connectivity index (χ4v) is 0.926.